The van der Waals surface area contributed by atoms with Crippen LogP contribution >= 0.6 is 15.9 Å². The Labute approximate surface area is 118 Å². The fourth-order valence-electron chi connectivity index (χ4n) is 1.34. The van der Waals surface area contributed by atoms with Crippen LogP contribution in [0.25, 0.3) is 0 Å². The molecule has 1 aromatic carbocycles. The molecular formula is C13H10BrN3O2. The number of rotatable bonds is 2. The Morgan fingerprint density at radius 2 is 1.32 bits per heavy atom. The Morgan fingerprint density at radius 1 is 0.842 bits per heavy atom. The zero-order valence-corrected chi connectivity index (χ0v) is 11.3. The predicted octanol–water partition coefficient (Wildman–Crippen LogP) is 2.42. The summed E-state index contributed by atoms with van der Waals surface area (Å²) in [5, 5.41) is 4.97. The molecule has 2 amide bonds. The molecule has 0 atom stereocenters. The Morgan fingerprint density at radius 3 is 1.84 bits per heavy atom. The number of hydrogen-bond donors (Lipinski definition) is 2. The van der Waals surface area contributed by atoms with Crippen molar-refractivity contribution in [2.24, 2.45) is 0 Å². The molecule has 0 saturated carbocycles. The fourth-order valence-corrected chi connectivity index (χ4v) is 1.61. The van der Waals surface area contributed by atoms with E-state index < -0.39 is 11.8 Å². The van der Waals surface area contributed by atoms with Gasteiger partial charge in [-0.3, -0.25) is 14.6 Å². The van der Waals surface area contributed by atoms with Crippen molar-refractivity contribution < 1.29 is 9.59 Å². The Hall–Kier alpha value is -2.21. The molecule has 0 spiro atoms. The van der Waals surface area contributed by atoms with E-state index in [9.17, 15) is 9.59 Å². The van der Waals surface area contributed by atoms with Gasteiger partial charge in [0.2, 0.25) is 0 Å². The van der Waals surface area contributed by atoms with Crippen LogP contribution in [-0.2, 0) is 9.59 Å². The molecule has 0 aliphatic carbocycles. The van der Waals surface area contributed by atoms with Crippen molar-refractivity contribution in [2.45, 2.75) is 0 Å². The number of nitrogens with zero attached hydrogens (tertiary/aromatic N) is 1. The number of anilines is 2. The molecule has 0 aliphatic rings. The number of benzene rings is 1. The lowest BCUT2D eigenvalue weighted by Gasteiger charge is -2.06. The van der Waals surface area contributed by atoms with E-state index >= 15 is 0 Å². The summed E-state index contributed by atoms with van der Waals surface area (Å²) in [6.07, 6.45) is 3.06. The minimum atomic E-state index is -0.728. The van der Waals surface area contributed by atoms with Crippen LogP contribution in [0.3, 0.4) is 0 Å². The molecule has 5 nitrogen and oxygen atoms in total. The quantitative estimate of drug-likeness (QED) is 0.835. The minimum absolute atomic E-state index is 0.519. The van der Waals surface area contributed by atoms with Gasteiger partial charge in [-0.15, -0.1) is 0 Å². The molecule has 2 rings (SSSR count). The summed E-state index contributed by atoms with van der Waals surface area (Å²) in [5.74, 6) is -1.45. The minimum Gasteiger partial charge on any atom is -0.318 e. The smallest absolute Gasteiger partial charge is 0.314 e. The second kappa shape index (κ2) is 6.10. The molecule has 2 N–H and O–H groups in total. The third-order valence-corrected chi connectivity index (χ3v) is 2.78. The number of carbonyl (C=O) groups excluding carboxylic acids is 2. The maximum absolute atomic E-state index is 11.7. The number of amides is 2. The van der Waals surface area contributed by atoms with E-state index in [1.807, 2.05) is 0 Å². The molecule has 1 aromatic heterocycles. The number of pyridine rings is 1. The molecule has 0 unspecified atom stereocenters. The van der Waals surface area contributed by atoms with Crippen molar-refractivity contribution >= 4 is 39.1 Å². The first-order chi connectivity index (χ1) is 9.15. The summed E-state index contributed by atoms with van der Waals surface area (Å²) in [7, 11) is 0. The number of halogens is 1. The zero-order valence-electron chi connectivity index (χ0n) is 9.76. The zero-order chi connectivity index (χ0) is 13.7. The summed E-state index contributed by atoms with van der Waals surface area (Å²) in [5.41, 5.74) is 1.07. The molecule has 2 aromatic rings. The average Bonchev–Trinajstić information content (AvgIpc) is 2.42. The van der Waals surface area contributed by atoms with Gasteiger partial charge in [0.25, 0.3) is 0 Å². The maximum Gasteiger partial charge on any atom is 0.314 e. The second-order valence-electron chi connectivity index (χ2n) is 3.65. The fraction of sp³-hybridized carbons (Fsp3) is 0. The highest BCUT2D eigenvalue weighted by Crippen LogP contribution is 2.14. The molecule has 0 fully saturated rings. The van der Waals surface area contributed by atoms with Crippen molar-refractivity contribution in [1.82, 2.24) is 4.98 Å². The number of nitrogens with one attached hydrogen (secondary N) is 2. The first-order valence-corrected chi connectivity index (χ1v) is 6.22. The van der Waals surface area contributed by atoms with Gasteiger partial charge in [-0.25, -0.2) is 0 Å². The van der Waals surface area contributed by atoms with Gasteiger partial charge >= 0.3 is 11.8 Å². The molecule has 0 saturated heterocycles. The first-order valence-electron chi connectivity index (χ1n) is 5.43. The van der Waals surface area contributed by atoms with E-state index in [1.165, 1.54) is 12.4 Å². The van der Waals surface area contributed by atoms with Gasteiger partial charge in [0.15, 0.2) is 0 Å². The standard InChI is InChI=1S/C13H10BrN3O2/c14-9-1-3-10(4-2-9)16-12(18)13(19)17-11-5-7-15-8-6-11/h1-8H,(H,16,18)(H,15,17,19). The third kappa shape index (κ3) is 3.89. The molecule has 96 valence electrons. The van der Waals surface area contributed by atoms with Gasteiger partial charge in [0, 0.05) is 28.2 Å². The number of hydrogen-bond acceptors (Lipinski definition) is 3. The molecule has 6 heteroatoms. The van der Waals surface area contributed by atoms with E-state index in [2.05, 4.69) is 31.5 Å². The maximum atomic E-state index is 11.7. The highest BCUT2D eigenvalue weighted by molar-refractivity contribution is 9.10. The lowest BCUT2D eigenvalue weighted by molar-refractivity contribution is -0.132. The van der Waals surface area contributed by atoms with E-state index in [0.717, 1.165) is 4.47 Å². The van der Waals surface area contributed by atoms with E-state index in [4.69, 9.17) is 0 Å². The molecule has 19 heavy (non-hydrogen) atoms. The van der Waals surface area contributed by atoms with E-state index in [0.29, 0.717) is 11.4 Å². The largest absolute Gasteiger partial charge is 0.318 e. The van der Waals surface area contributed by atoms with E-state index in [-0.39, 0.29) is 0 Å². The SMILES string of the molecule is O=C(Nc1ccncc1)C(=O)Nc1ccc(Br)cc1. The first kappa shape index (κ1) is 13.2. The van der Waals surface area contributed by atoms with Crippen molar-refractivity contribution in [3.8, 4) is 0 Å². The number of carbonyl (C=O) groups is 2. The molecular weight excluding hydrogens is 310 g/mol. The highest BCUT2D eigenvalue weighted by atomic mass is 79.9. The van der Waals surface area contributed by atoms with Crippen LogP contribution in [0.1, 0.15) is 0 Å². The van der Waals surface area contributed by atoms with Gasteiger partial charge in [-0.1, -0.05) is 15.9 Å². The van der Waals surface area contributed by atoms with Crippen LogP contribution in [0.4, 0.5) is 11.4 Å². The van der Waals surface area contributed by atoms with Gasteiger partial charge in [0.1, 0.15) is 0 Å². The predicted molar refractivity (Wildman–Crippen MR) is 75.6 cm³/mol. The van der Waals surface area contributed by atoms with Gasteiger partial charge in [-0.05, 0) is 36.4 Å². The number of aromatic nitrogens is 1. The average molecular weight is 320 g/mol. The summed E-state index contributed by atoms with van der Waals surface area (Å²) in [6, 6.07) is 10.1. The van der Waals surface area contributed by atoms with Gasteiger partial charge in [0.05, 0.1) is 0 Å². The van der Waals surface area contributed by atoms with Crippen LogP contribution < -0.4 is 10.6 Å². The summed E-state index contributed by atoms with van der Waals surface area (Å²) < 4.78 is 0.895. The van der Waals surface area contributed by atoms with Crippen molar-refractivity contribution in [3.05, 3.63) is 53.3 Å². The Balaban J connectivity index is 1.96. The highest BCUT2D eigenvalue weighted by Gasteiger charge is 2.13. The van der Waals surface area contributed by atoms with Crippen LogP contribution in [0, 0.1) is 0 Å². The second-order valence-corrected chi connectivity index (χ2v) is 4.57. The molecule has 0 radical (unpaired) electrons. The van der Waals surface area contributed by atoms with Crippen LogP contribution in [0.5, 0.6) is 0 Å². The van der Waals surface area contributed by atoms with Crippen LogP contribution in [0.2, 0.25) is 0 Å². The lowest BCUT2D eigenvalue weighted by atomic mass is 10.3. The topological polar surface area (TPSA) is 71.1 Å². The molecule has 1 heterocycles. The summed E-state index contributed by atoms with van der Waals surface area (Å²) in [6.45, 7) is 0. The van der Waals surface area contributed by atoms with Crippen molar-refractivity contribution in [1.29, 1.82) is 0 Å². The lowest BCUT2D eigenvalue weighted by Crippen LogP contribution is -2.29. The van der Waals surface area contributed by atoms with Crippen LogP contribution in [-0.4, -0.2) is 16.8 Å². The Kier molecular flexibility index (Phi) is 4.25. The summed E-state index contributed by atoms with van der Waals surface area (Å²) >= 11 is 3.29. The van der Waals surface area contributed by atoms with Crippen molar-refractivity contribution in [3.63, 3.8) is 0 Å². The third-order valence-electron chi connectivity index (χ3n) is 2.25. The van der Waals surface area contributed by atoms with Gasteiger partial charge in [-0.2, -0.15) is 0 Å². The van der Waals surface area contributed by atoms with Gasteiger partial charge < -0.3 is 10.6 Å². The normalized spacial score (nSPS) is 9.74. The van der Waals surface area contributed by atoms with Crippen LogP contribution in [0.15, 0.2) is 53.3 Å². The van der Waals surface area contributed by atoms with E-state index in [1.54, 1.807) is 36.4 Å². The Bertz CT molecular complexity index is 585. The van der Waals surface area contributed by atoms with Crippen molar-refractivity contribution in [2.75, 3.05) is 10.6 Å². The molecule has 0 bridgehead atoms. The monoisotopic (exact) mass is 319 g/mol. The summed E-state index contributed by atoms with van der Waals surface area (Å²) in [4.78, 5) is 27.1. The molecule has 0 aliphatic heterocycles.